The van der Waals surface area contributed by atoms with Crippen LogP contribution in [0, 0.1) is 0 Å². The van der Waals surface area contributed by atoms with Crippen molar-refractivity contribution >= 4 is 21.7 Å². The summed E-state index contributed by atoms with van der Waals surface area (Å²) in [5, 5.41) is 2.42. The summed E-state index contributed by atoms with van der Waals surface area (Å²) in [6, 6.07) is -1.17. The van der Waals surface area contributed by atoms with Gasteiger partial charge in [0.15, 0.2) is 0 Å². The van der Waals surface area contributed by atoms with Crippen molar-refractivity contribution in [2.75, 3.05) is 6.54 Å². The third-order valence-corrected chi connectivity index (χ3v) is 2.94. The number of hydrogen-bond acceptors (Lipinski definition) is 5. The Morgan fingerprint density at radius 2 is 1.78 bits per heavy atom. The molecule has 0 bridgehead atoms. The third kappa shape index (κ3) is 5.45. The fourth-order valence-electron chi connectivity index (χ4n) is 0.836. The summed E-state index contributed by atoms with van der Waals surface area (Å²) in [4.78, 5) is 21.7. The maximum absolute atomic E-state index is 11.9. The first-order valence-electron chi connectivity index (χ1n) is 4.83. The van der Waals surface area contributed by atoms with Gasteiger partial charge in [0, 0.05) is 13.0 Å². The van der Waals surface area contributed by atoms with Crippen molar-refractivity contribution in [1.29, 1.82) is 0 Å². The molecule has 2 N–H and O–H groups in total. The van der Waals surface area contributed by atoms with E-state index in [2.05, 4.69) is 5.32 Å². The standard InChI is InChI=1S/C8H13F3N2O4S/c1-5(14)3-4-12-6(2)7(15)13-18(16,17)8(9,10)11/h6,12H,3-4H2,1-2H3,(H,13,15)/t6-/m0/s1. The maximum atomic E-state index is 11.9. The molecule has 0 saturated carbocycles. The third-order valence-electron chi connectivity index (χ3n) is 1.86. The van der Waals surface area contributed by atoms with E-state index in [1.54, 1.807) is 0 Å². The van der Waals surface area contributed by atoms with Gasteiger partial charge in [-0.3, -0.25) is 9.59 Å². The highest BCUT2D eigenvalue weighted by atomic mass is 32.2. The zero-order chi connectivity index (χ0) is 14.6. The Kier molecular flexibility index (Phi) is 5.74. The summed E-state index contributed by atoms with van der Waals surface area (Å²) in [6.45, 7) is 2.55. The molecule has 10 heteroatoms. The molecule has 0 aromatic carbocycles. The zero-order valence-corrected chi connectivity index (χ0v) is 10.5. The van der Waals surface area contributed by atoms with Crippen LogP contribution in [-0.4, -0.2) is 38.2 Å². The Labute approximate surface area is 102 Å². The molecule has 0 aromatic heterocycles. The summed E-state index contributed by atoms with van der Waals surface area (Å²) < 4.78 is 58.0. The second-order valence-corrected chi connectivity index (χ2v) is 5.22. The van der Waals surface area contributed by atoms with E-state index in [4.69, 9.17) is 0 Å². The van der Waals surface area contributed by atoms with Crippen LogP contribution in [0.5, 0.6) is 0 Å². The largest absolute Gasteiger partial charge is 0.516 e. The minimum absolute atomic E-state index is 0.0655. The molecule has 0 aromatic rings. The zero-order valence-electron chi connectivity index (χ0n) is 9.67. The summed E-state index contributed by atoms with van der Waals surface area (Å²) in [7, 11) is -5.69. The number of sulfonamides is 1. The smallest absolute Gasteiger partial charge is 0.306 e. The number of nitrogens with one attached hydrogen (secondary N) is 2. The van der Waals surface area contributed by atoms with E-state index in [-0.39, 0.29) is 18.7 Å². The summed E-state index contributed by atoms with van der Waals surface area (Å²) in [5.74, 6) is -1.51. The van der Waals surface area contributed by atoms with Gasteiger partial charge < -0.3 is 5.32 Å². The van der Waals surface area contributed by atoms with Gasteiger partial charge in [0.2, 0.25) is 0 Å². The predicted octanol–water partition coefficient (Wildman–Crippen LogP) is -0.0906. The molecule has 0 aliphatic rings. The normalized spacial score (nSPS) is 14.1. The fraction of sp³-hybridized carbons (Fsp3) is 0.750. The Bertz CT molecular complexity index is 419. The molecule has 1 amide bonds. The first-order chi connectivity index (χ1) is 7.97. The molecule has 0 unspecified atom stereocenters. The van der Waals surface area contributed by atoms with Crippen LogP contribution >= 0.6 is 0 Å². The van der Waals surface area contributed by atoms with Gasteiger partial charge in [-0.25, -0.2) is 4.72 Å². The van der Waals surface area contributed by atoms with Crippen LogP contribution < -0.4 is 10.0 Å². The van der Waals surface area contributed by atoms with E-state index in [0.29, 0.717) is 0 Å². The monoisotopic (exact) mass is 290 g/mol. The van der Waals surface area contributed by atoms with Gasteiger partial charge in [-0.1, -0.05) is 0 Å². The van der Waals surface area contributed by atoms with E-state index in [9.17, 15) is 31.2 Å². The molecule has 0 saturated heterocycles. The lowest BCUT2D eigenvalue weighted by atomic mass is 10.3. The number of rotatable bonds is 6. The predicted molar refractivity (Wildman–Crippen MR) is 55.9 cm³/mol. The average molecular weight is 290 g/mol. The number of halogens is 3. The Morgan fingerprint density at radius 1 is 1.28 bits per heavy atom. The van der Waals surface area contributed by atoms with Gasteiger partial charge in [0.05, 0.1) is 6.04 Å². The first kappa shape index (κ1) is 16.8. The number of amides is 1. The minimum atomic E-state index is -5.69. The lowest BCUT2D eigenvalue weighted by molar-refractivity contribution is -0.122. The molecule has 0 aliphatic heterocycles. The minimum Gasteiger partial charge on any atom is -0.306 e. The topological polar surface area (TPSA) is 92.3 Å². The second kappa shape index (κ2) is 6.14. The number of carbonyl (C=O) groups is 2. The van der Waals surface area contributed by atoms with Gasteiger partial charge in [0.25, 0.3) is 5.91 Å². The summed E-state index contributed by atoms with van der Waals surface area (Å²) in [6.07, 6.45) is 0.0869. The van der Waals surface area contributed by atoms with E-state index >= 15 is 0 Å². The number of alkyl halides is 3. The highest BCUT2D eigenvalue weighted by Gasteiger charge is 2.47. The molecule has 0 aliphatic carbocycles. The van der Waals surface area contributed by atoms with Gasteiger partial charge >= 0.3 is 15.5 Å². The fourth-order valence-corrected chi connectivity index (χ4v) is 1.39. The molecule has 0 rings (SSSR count). The maximum Gasteiger partial charge on any atom is 0.516 e. The van der Waals surface area contributed by atoms with Gasteiger partial charge in [-0.2, -0.15) is 21.6 Å². The summed E-state index contributed by atoms with van der Waals surface area (Å²) >= 11 is 0. The second-order valence-electron chi connectivity index (χ2n) is 3.54. The molecule has 106 valence electrons. The van der Waals surface area contributed by atoms with Crippen molar-refractivity contribution in [2.24, 2.45) is 0 Å². The van der Waals surface area contributed by atoms with Crippen LogP contribution in [0.4, 0.5) is 13.2 Å². The lowest BCUT2D eigenvalue weighted by Gasteiger charge is -2.14. The molecule has 6 nitrogen and oxygen atoms in total. The van der Waals surface area contributed by atoms with E-state index in [0.717, 1.165) is 4.72 Å². The molecule has 1 atom stereocenters. The SMILES string of the molecule is CC(=O)CCN[C@@H](C)C(=O)NS(=O)(=O)C(F)(F)F. The molecule has 0 spiro atoms. The molecule has 0 radical (unpaired) electrons. The first-order valence-corrected chi connectivity index (χ1v) is 6.31. The van der Waals surface area contributed by atoms with Crippen molar-refractivity contribution in [3.8, 4) is 0 Å². The molecular weight excluding hydrogens is 277 g/mol. The molecule has 0 fully saturated rings. The van der Waals surface area contributed by atoms with Crippen LogP contribution in [-0.2, 0) is 19.6 Å². The molecular formula is C8H13F3N2O4S. The van der Waals surface area contributed by atoms with Crippen LogP contribution in [0.1, 0.15) is 20.3 Å². The Hall–Kier alpha value is -1.16. The Morgan fingerprint density at radius 3 is 2.17 bits per heavy atom. The summed E-state index contributed by atoms with van der Waals surface area (Å²) in [5.41, 5.74) is -5.54. The quantitative estimate of drug-likeness (QED) is 0.713. The van der Waals surface area contributed by atoms with Gasteiger partial charge in [-0.15, -0.1) is 0 Å². The number of carbonyl (C=O) groups excluding carboxylic acids is 2. The van der Waals surface area contributed by atoms with Crippen LogP contribution in [0.3, 0.4) is 0 Å². The number of ketones is 1. The highest BCUT2D eigenvalue weighted by molar-refractivity contribution is 7.90. The molecule has 0 heterocycles. The molecule has 18 heavy (non-hydrogen) atoms. The van der Waals surface area contributed by atoms with Crippen molar-refractivity contribution in [2.45, 2.75) is 31.8 Å². The number of hydrogen-bond donors (Lipinski definition) is 2. The Balaban J connectivity index is 4.38. The van der Waals surface area contributed by atoms with E-state index in [1.165, 1.54) is 13.8 Å². The van der Waals surface area contributed by atoms with Crippen molar-refractivity contribution in [1.82, 2.24) is 10.0 Å². The van der Waals surface area contributed by atoms with E-state index in [1.807, 2.05) is 0 Å². The lowest BCUT2D eigenvalue weighted by Crippen LogP contribution is -2.48. The highest BCUT2D eigenvalue weighted by Crippen LogP contribution is 2.21. The number of Topliss-reactive ketones (excluding diaryl/α,β-unsaturated/α-hetero) is 1. The van der Waals surface area contributed by atoms with Gasteiger partial charge in [0.1, 0.15) is 5.78 Å². The van der Waals surface area contributed by atoms with Crippen LogP contribution in [0.2, 0.25) is 0 Å². The van der Waals surface area contributed by atoms with Crippen molar-refractivity contribution in [3.05, 3.63) is 0 Å². The van der Waals surface area contributed by atoms with E-state index < -0.39 is 27.5 Å². The van der Waals surface area contributed by atoms with Crippen molar-refractivity contribution in [3.63, 3.8) is 0 Å². The van der Waals surface area contributed by atoms with Gasteiger partial charge in [-0.05, 0) is 13.8 Å². The van der Waals surface area contributed by atoms with Crippen molar-refractivity contribution < 1.29 is 31.2 Å². The van der Waals surface area contributed by atoms with Crippen LogP contribution in [0.15, 0.2) is 0 Å². The van der Waals surface area contributed by atoms with Crippen LogP contribution in [0.25, 0.3) is 0 Å². The average Bonchev–Trinajstić information content (AvgIpc) is 2.14.